The van der Waals surface area contributed by atoms with Crippen molar-refractivity contribution in [2.45, 2.75) is 24.9 Å². The molecule has 0 saturated carbocycles. The monoisotopic (exact) mass is 369 g/mol. The molecule has 0 radical (unpaired) electrons. The number of nitrogens with one attached hydrogen (secondary N) is 2. The van der Waals surface area contributed by atoms with Crippen LogP contribution in [-0.4, -0.2) is 47.4 Å². The molecule has 2 fully saturated rings. The molecule has 0 aromatic heterocycles. The molecule has 0 bridgehead atoms. The number of rotatable bonds is 3. The minimum Gasteiger partial charge on any atom is -0.434 e. The van der Waals surface area contributed by atoms with Crippen LogP contribution in [0.2, 0.25) is 0 Å². The van der Waals surface area contributed by atoms with Crippen LogP contribution in [0.15, 0.2) is 18.2 Å². The average molecular weight is 369 g/mol. The summed E-state index contributed by atoms with van der Waals surface area (Å²) >= 11 is 0. The molecule has 2 aliphatic rings. The van der Waals surface area contributed by atoms with Gasteiger partial charge in [0.05, 0.1) is 12.2 Å². The zero-order valence-electron chi connectivity index (χ0n) is 13.8. The van der Waals surface area contributed by atoms with Crippen molar-refractivity contribution >= 4 is 27.4 Å². The van der Waals surface area contributed by atoms with Crippen molar-refractivity contribution in [2.75, 3.05) is 30.0 Å². The molecule has 0 aliphatic carbocycles. The van der Waals surface area contributed by atoms with Gasteiger partial charge in [-0.15, -0.1) is 0 Å². The smallest absolute Gasteiger partial charge is 0.415 e. The van der Waals surface area contributed by atoms with Gasteiger partial charge in [0.1, 0.15) is 5.82 Å². The van der Waals surface area contributed by atoms with E-state index in [0.29, 0.717) is 24.1 Å². The molecule has 2 amide bonds. The lowest BCUT2D eigenvalue weighted by atomic mass is 9.93. The standard InChI is InChI=1S/C16H20FN3O4S/c1-19-15(21)14-9-20(16(22)24-14)11-2-3-12(13(17)8-11)10-4-6-25(18,23)7-5-10/h2-3,8,10,14,18H,4-7,9H2,1H3,(H,19,21)/t10-,14-,25-/m1/s1. The Labute approximate surface area is 145 Å². The molecule has 136 valence electrons. The molecule has 2 saturated heterocycles. The minimum absolute atomic E-state index is 0.0294. The van der Waals surface area contributed by atoms with Crippen molar-refractivity contribution in [3.8, 4) is 0 Å². The molecular weight excluding hydrogens is 349 g/mol. The van der Waals surface area contributed by atoms with Crippen molar-refractivity contribution in [3.63, 3.8) is 0 Å². The number of cyclic esters (lactones) is 1. The van der Waals surface area contributed by atoms with Crippen LogP contribution in [0.1, 0.15) is 24.3 Å². The van der Waals surface area contributed by atoms with Crippen LogP contribution in [-0.2, 0) is 19.3 Å². The highest BCUT2D eigenvalue weighted by molar-refractivity contribution is 7.92. The second-order valence-corrected chi connectivity index (χ2v) is 8.74. The molecular formula is C16H20FN3O4S. The Hall–Kier alpha value is -2.16. The molecule has 1 aromatic rings. The Morgan fingerprint density at radius 2 is 2.08 bits per heavy atom. The van der Waals surface area contributed by atoms with Gasteiger partial charge >= 0.3 is 6.09 Å². The number of carbonyl (C=O) groups is 2. The predicted molar refractivity (Wildman–Crippen MR) is 90.7 cm³/mol. The quantitative estimate of drug-likeness (QED) is 0.849. The van der Waals surface area contributed by atoms with Gasteiger partial charge in [0, 0.05) is 28.3 Å². The minimum atomic E-state index is -2.51. The number of benzene rings is 1. The van der Waals surface area contributed by atoms with E-state index in [9.17, 15) is 18.2 Å². The first kappa shape index (κ1) is 17.7. The van der Waals surface area contributed by atoms with Crippen LogP contribution in [0, 0.1) is 10.6 Å². The summed E-state index contributed by atoms with van der Waals surface area (Å²) in [5.41, 5.74) is 0.840. The Morgan fingerprint density at radius 3 is 2.68 bits per heavy atom. The second kappa shape index (κ2) is 6.62. The largest absolute Gasteiger partial charge is 0.434 e. The summed E-state index contributed by atoms with van der Waals surface area (Å²) < 4.78 is 38.9. The third-order valence-electron chi connectivity index (χ3n) is 4.68. The van der Waals surface area contributed by atoms with Gasteiger partial charge in [0.25, 0.3) is 5.91 Å². The topological polar surface area (TPSA) is 99.6 Å². The first-order valence-corrected chi connectivity index (χ1v) is 9.94. The number of likely N-dealkylation sites (N-methyl/N-ethyl adjacent to an activating group) is 1. The maximum atomic E-state index is 14.6. The highest BCUT2D eigenvalue weighted by Crippen LogP contribution is 2.33. The number of carbonyl (C=O) groups excluding carboxylic acids is 2. The van der Waals surface area contributed by atoms with E-state index in [2.05, 4.69) is 5.32 Å². The SMILES string of the molecule is CNC(=O)[C@H]1CN(c2ccc([C@H]3CC[S@](=N)(=O)CC3)c(F)c2)C(=O)O1. The van der Waals surface area contributed by atoms with Crippen LogP contribution < -0.4 is 10.2 Å². The highest BCUT2D eigenvalue weighted by Gasteiger charge is 2.37. The third-order valence-corrected chi connectivity index (χ3v) is 6.47. The van der Waals surface area contributed by atoms with Crippen molar-refractivity contribution in [2.24, 2.45) is 0 Å². The van der Waals surface area contributed by atoms with Gasteiger partial charge in [0.2, 0.25) is 0 Å². The fourth-order valence-electron chi connectivity index (χ4n) is 3.21. The number of halogens is 1. The number of nitrogens with zero attached hydrogens (tertiary/aromatic N) is 1. The second-order valence-electron chi connectivity index (χ2n) is 6.30. The molecule has 9 heteroatoms. The van der Waals surface area contributed by atoms with E-state index in [1.807, 2.05) is 0 Å². The summed E-state index contributed by atoms with van der Waals surface area (Å²) in [7, 11) is -1.06. The van der Waals surface area contributed by atoms with Crippen molar-refractivity contribution < 1.29 is 22.9 Å². The van der Waals surface area contributed by atoms with E-state index in [0.717, 1.165) is 0 Å². The van der Waals surface area contributed by atoms with Gasteiger partial charge < -0.3 is 10.1 Å². The van der Waals surface area contributed by atoms with Gasteiger partial charge in [-0.3, -0.25) is 14.5 Å². The molecule has 0 unspecified atom stereocenters. The predicted octanol–water partition coefficient (Wildman–Crippen LogP) is 1.82. The van der Waals surface area contributed by atoms with E-state index in [4.69, 9.17) is 9.52 Å². The van der Waals surface area contributed by atoms with Gasteiger partial charge in [0.15, 0.2) is 6.10 Å². The molecule has 2 heterocycles. The normalized spacial score (nSPS) is 29.4. The Kier molecular flexibility index (Phi) is 4.68. The maximum absolute atomic E-state index is 14.6. The van der Waals surface area contributed by atoms with Crippen molar-refractivity contribution in [1.82, 2.24) is 5.32 Å². The first-order chi connectivity index (χ1) is 11.8. The summed E-state index contributed by atoms with van der Waals surface area (Å²) in [5.74, 6) is -0.361. The molecule has 1 aromatic carbocycles. The molecule has 1 atom stereocenters. The molecule has 2 aliphatic heterocycles. The fourth-order valence-corrected chi connectivity index (χ4v) is 4.74. The molecule has 25 heavy (non-hydrogen) atoms. The van der Waals surface area contributed by atoms with Crippen LogP contribution in [0.4, 0.5) is 14.9 Å². The Bertz CT molecular complexity index is 798. The van der Waals surface area contributed by atoms with E-state index in [1.165, 1.54) is 18.0 Å². The van der Waals surface area contributed by atoms with E-state index < -0.39 is 33.7 Å². The Balaban J connectivity index is 1.76. The molecule has 7 nitrogen and oxygen atoms in total. The van der Waals surface area contributed by atoms with Gasteiger partial charge in [-0.05, 0) is 36.5 Å². The third kappa shape index (κ3) is 3.60. The van der Waals surface area contributed by atoms with E-state index in [1.54, 1.807) is 12.1 Å². The summed E-state index contributed by atoms with van der Waals surface area (Å²) in [6, 6.07) is 4.50. The van der Waals surface area contributed by atoms with Crippen molar-refractivity contribution in [3.05, 3.63) is 29.6 Å². The first-order valence-electron chi connectivity index (χ1n) is 8.04. The van der Waals surface area contributed by atoms with Gasteiger partial charge in [-0.1, -0.05) is 6.07 Å². The average Bonchev–Trinajstić information content (AvgIpc) is 2.96. The van der Waals surface area contributed by atoms with Crippen molar-refractivity contribution in [1.29, 1.82) is 4.78 Å². The summed E-state index contributed by atoms with van der Waals surface area (Å²) in [5, 5.41) is 2.41. The zero-order chi connectivity index (χ0) is 18.2. The van der Waals surface area contributed by atoms with E-state index >= 15 is 0 Å². The summed E-state index contributed by atoms with van der Waals surface area (Å²) in [6.45, 7) is 0.0294. The lowest BCUT2D eigenvalue weighted by Gasteiger charge is -2.25. The van der Waals surface area contributed by atoms with Crippen LogP contribution in [0.25, 0.3) is 0 Å². The number of amides is 2. The zero-order valence-corrected chi connectivity index (χ0v) is 14.6. The lowest BCUT2D eigenvalue weighted by molar-refractivity contribution is -0.127. The van der Waals surface area contributed by atoms with E-state index in [-0.39, 0.29) is 24.0 Å². The number of hydrogen-bond acceptors (Lipinski definition) is 5. The Morgan fingerprint density at radius 1 is 1.40 bits per heavy atom. The molecule has 0 spiro atoms. The lowest BCUT2D eigenvalue weighted by Crippen LogP contribution is -2.35. The van der Waals surface area contributed by atoms with Gasteiger partial charge in [-0.25, -0.2) is 13.4 Å². The number of ether oxygens (including phenoxy) is 1. The van der Waals surface area contributed by atoms with Crippen LogP contribution in [0.5, 0.6) is 0 Å². The maximum Gasteiger partial charge on any atom is 0.415 e. The summed E-state index contributed by atoms with van der Waals surface area (Å²) in [4.78, 5) is 24.7. The number of hydrogen-bond donors (Lipinski definition) is 2. The molecule has 2 N–H and O–H groups in total. The molecule has 3 rings (SSSR count). The van der Waals surface area contributed by atoms with Crippen LogP contribution in [0.3, 0.4) is 0 Å². The van der Waals surface area contributed by atoms with Crippen LogP contribution >= 0.6 is 0 Å². The number of anilines is 1. The van der Waals surface area contributed by atoms with Gasteiger partial charge in [-0.2, -0.15) is 0 Å². The highest BCUT2D eigenvalue weighted by atomic mass is 32.2. The fraction of sp³-hybridized carbons (Fsp3) is 0.500. The summed E-state index contributed by atoms with van der Waals surface area (Å²) in [6.07, 6.45) is -0.567.